The van der Waals surface area contributed by atoms with Gasteiger partial charge in [0.15, 0.2) is 0 Å². The zero-order chi connectivity index (χ0) is 10.9. The zero-order valence-electron chi connectivity index (χ0n) is 7.87. The molecule has 0 spiro atoms. The number of alkyl halides is 4. The summed E-state index contributed by atoms with van der Waals surface area (Å²) in [6.07, 6.45) is -4.32. The van der Waals surface area contributed by atoms with Crippen molar-refractivity contribution in [2.75, 3.05) is 0 Å². The molecule has 0 aliphatic carbocycles. The van der Waals surface area contributed by atoms with Gasteiger partial charge < -0.3 is 0 Å². The van der Waals surface area contributed by atoms with Gasteiger partial charge in [0.1, 0.15) is 0 Å². The number of hydrogen-bond acceptors (Lipinski definition) is 0. The lowest BCUT2D eigenvalue weighted by Crippen LogP contribution is -2.10. The topological polar surface area (TPSA) is 0 Å². The Labute approximate surface area is 85.7 Å². The molecule has 0 saturated carbocycles. The van der Waals surface area contributed by atoms with Gasteiger partial charge in [-0.1, -0.05) is 6.07 Å². The summed E-state index contributed by atoms with van der Waals surface area (Å²) in [5.74, 6) is -0.109. The van der Waals surface area contributed by atoms with Crippen LogP contribution in [0.2, 0.25) is 0 Å². The highest BCUT2D eigenvalue weighted by Crippen LogP contribution is 2.34. The smallest absolute Gasteiger partial charge is 0.166 e. The first-order valence-electron chi connectivity index (χ1n) is 4.10. The molecule has 0 bridgehead atoms. The van der Waals surface area contributed by atoms with Crippen molar-refractivity contribution >= 4 is 11.6 Å². The summed E-state index contributed by atoms with van der Waals surface area (Å²) in [5, 5.41) is 0. The highest BCUT2D eigenvalue weighted by atomic mass is 35.5. The molecule has 0 heterocycles. The summed E-state index contributed by atoms with van der Waals surface area (Å²) in [7, 11) is 0. The van der Waals surface area contributed by atoms with Crippen LogP contribution >= 0.6 is 11.6 Å². The van der Waals surface area contributed by atoms with Crippen LogP contribution in [0.25, 0.3) is 0 Å². The van der Waals surface area contributed by atoms with Crippen molar-refractivity contribution < 1.29 is 13.2 Å². The summed E-state index contributed by atoms with van der Waals surface area (Å²) < 4.78 is 37.5. The molecule has 0 nitrogen and oxygen atoms in total. The average molecular weight is 223 g/mol. The number of halogens is 4. The van der Waals surface area contributed by atoms with Crippen LogP contribution in [0, 0.1) is 13.8 Å². The van der Waals surface area contributed by atoms with Crippen molar-refractivity contribution in [2.45, 2.75) is 25.9 Å². The number of hydrogen-bond donors (Lipinski definition) is 0. The molecule has 0 atom stereocenters. The highest BCUT2D eigenvalue weighted by Gasteiger charge is 2.33. The number of aryl methyl sites for hydroxylation is 1. The Hall–Kier alpha value is -0.700. The molecule has 14 heavy (non-hydrogen) atoms. The van der Waals surface area contributed by atoms with Crippen molar-refractivity contribution in [3.05, 3.63) is 34.4 Å². The molecule has 1 aromatic rings. The van der Waals surface area contributed by atoms with Crippen LogP contribution in [0.5, 0.6) is 0 Å². The van der Waals surface area contributed by atoms with Gasteiger partial charge in [-0.15, -0.1) is 11.6 Å². The SMILES string of the molecule is Cc1ccc(C(F)(F)F)c(CCl)c1C. The molecule has 0 unspecified atom stereocenters. The zero-order valence-corrected chi connectivity index (χ0v) is 8.63. The fraction of sp³-hybridized carbons (Fsp3) is 0.400. The minimum Gasteiger partial charge on any atom is -0.166 e. The number of benzene rings is 1. The normalized spacial score (nSPS) is 11.9. The molecule has 0 amide bonds. The van der Waals surface area contributed by atoms with E-state index in [0.29, 0.717) is 5.56 Å². The Kier molecular flexibility index (Phi) is 3.10. The summed E-state index contributed by atoms with van der Waals surface area (Å²) in [6.45, 7) is 3.42. The van der Waals surface area contributed by atoms with Crippen molar-refractivity contribution in [3.8, 4) is 0 Å². The lowest BCUT2D eigenvalue weighted by atomic mass is 9.98. The van der Waals surface area contributed by atoms with Gasteiger partial charge in [-0.2, -0.15) is 13.2 Å². The Bertz CT molecular complexity index is 342. The molecule has 1 aromatic carbocycles. The Morgan fingerprint density at radius 3 is 2.21 bits per heavy atom. The quantitative estimate of drug-likeness (QED) is 0.629. The van der Waals surface area contributed by atoms with E-state index >= 15 is 0 Å². The van der Waals surface area contributed by atoms with Crippen LogP contribution in [0.3, 0.4) is 0 Å². The fourth-order valence-electron chi connectivity index (χ4n) is 1.31. The lowest BCUT2D eigenvalue weighted by molar-refractivity contribution is -0.138. The van der Waals surface area contributed by atoms with Crippen LogP contribution in [0.1, 0.15) is 22.3 Å². The van der Waals surface area contributed by atoms with E-state index in [0.717, 1.165) is 11.6 Å². The van der Waals surface area contributed by atoms with E-state index in [9.17, 15) is 13.2 Å². The largest absolute Gasteiger partial charge is 0.416 e. The van der Waals surface area contributed by atoms with E-state index in [-0.39, 0.29) is 11.4 Å². The van der Waals surface area contributed by atoms with Gasteiger partial charge >= 0.3 is 6.18 Å². The van der Waals surface area contributed by atoms with Crippen molar-refractivity contribution in [2.24, 2.45) is 0 Å². The van der Waals surface area contributed by atoms with Crippen LogP contribution in [-0.4, -0.2) is 0 Å². The van der Waals surface area contributed by atoms with E-state index < -0.39 is 11.7 Å². The maximum atomic E-state index is 12.5. The fourth-order valence-corrected chi connectivity index (χ4v) is 1.66. The second-order valence-electron chi connectivity index (χ2n) is 3.16. The van der Waals surface area contributed by atoms with Gasteiger partial charge in [0, 0.05) is 5.88 Å². The first kappa shape index (κ1) is 11.4. The summed E-state index contributed by atoms with van der Waals surface area (Å²) in [6, 6.07) is 2.55. The average Bonchev–Trinajstić information content (AvgIpc) is 2.07. The molecule has 0 radical (unpaired) electrons. The van der Waals surface area contributed by atoms with Crippen LogP contribution in [0.15, 0.2) is 12.1 Å². The summed E-state index contributed by atoms with van der Waals surface area (Å²) in [5.41, 5.74) is 0.998. The maximum absolute atomic E-state index is 12.5. The van der Waals surface area contributed by atoms with Gasteiger partial charge in [-0.25, -0.2) is 0 Å². The predicted octanol–water partition coefficient (Wildman–Crippen LogP) is 4.06. The minimum absolute atomic E-state index is 0.109. The van der Waals surface area contributed by atoms with Crippen LogP contribution in [0.4, 0.5) is 13.2 Å². The molecule has 4 heteroatoms. The van der Waals surface area contributed by atoms with Gasteiger partial charge in [-0.3, -0.25) is 0 Å². The third-order valence-corrected chi connectivity index (χ3v) is 2.58. The maximum Gasteiger partial charge on any atom is 0.416 e. The van der Waals surface area contributed by atoms with Crippen molar-refractivity contribution in [1.29, 1.82) is 0 Å². The monoisotopic (exact) mass is 222 g/mol. The van der Waals surface area contributed by atoms with Gasteiger partial charge in [0.2, 0.25) is 0 Å². The minimum atomic E-state index is -4.32. The lowest BCUT2D eigenvalue weighted by Gasteiger charge is -2.14. The second kappa shape index (κ2) is 3.81. The van der Waals surface area contributed by atoms with E-state index in [1.165, 1.54) is 6.07 Å². The van der Waals surface area contributed by atoms with E-state index in [4.69, 9.17) is 11.6 Å². The van der Waals surface area contributed by atoms with Crippen molar-refractivity contribution in [1.82, 2.24) is 0 Å². The molecular weight excluding hydrogens is 213 g/mol. The Morgan fingerprint density at radius 1 is 1.21 bits per heavy atom. The van der Waals surface area contributed by atoms with Gasteiger partial charge in [-0.05, 0) is 36.6 Å². The predicted molar refractivity (Wildman–Crippen MR) is 50.5 cm³/mol. The molecule has 0 fully saturated rings. The molecule has 0 saturated heterocycles. The van der Waals surface area contributed by atoms with Crippen molar-refractivity contribution in [3.63, 3.8) is 0 Å². The third-order valence-electron chi connectivity index (χ3n) is 2.31. The van der Waals surface area contributed by atoms with Crippen LogP contribution < -0.4 is 0 Å². The third kappa shape index (κ3) is 2.03. The van der Waals surface area contributed by atoms with E-state index in [1.54, 1.807) is 13.8 Å². The summed E-state index contributed by atoms with van der Waals surface area (Å²) in [4.78, 5) is 0. The molecule has 0 aromatic heterocycles. The van der Waals surface area contributed by atoms with E-state index in [2.05, 4.69) is 0 Å². The highest BCUT2D eigenvalue weighted by molar-refractivity contribution is 6.17. The second-order valence-corrected chi connectivity index (χ2v) is 3.43. The number of rotatable bonds is 1. The molecular formula is C10H10ClF3. The van der Waals surface area contributed by atoms with Gasteiger partial charge in [0.05, 0.1) is 5.56 Å². The first-order valence-corrected chi connectivity index (χ1v) is 4.63. The Balaban J connectivity index is 3.39. The molecule has 78 valence electrons. The van der Waals surface area contributed by atoms with Gasteiger partial charge in [0.25, 0.3) is 0 Å². The Morgan fingerprint density at radius 2 is 1.79 bits per heavy atom. The van der Waals surface area contributed by atoms with E-state index in [1.807, 2.05) is 0 Å². The first-order chi connectivity index (χ1) is 6.38. The molecule has 0 N–H and O–H groups in total. The molecule has 1 rings (SSSR count). The standard InChI is InChI=1S/C10H10ClF3/c1-6-3-4-9(10(12,13)14)8(5-11)7(6)2/h3-4H,5H2,1-2H3. The molecule has 0 aliphatic rings. The van der Waals surface area contributed by atoms with Crippen LogP contribution in [-0.2, 0) is 12.1 Å². The molecule has 0 aliphatic heterocycles. The summed E-state index contributed by atoms with van der Waals surface area (Å²) >= 11 is 5.52.